The number of nitro benzene ring substituents is 1. The van der Waals surface area contributed by atoms with Gasteiger partial charge in [-0.3, -0.25) is 10.1 Å². The number of nitro groups is 1. The zero-order valence-corrected chi connectivity index (χ0v) is 10.6. The van der Waals surface area contributed by atoms with Crippen molar-refractivity contribution in [1.82, 2.24) is 0 Å². The average molecular weight is 258 g/mol. The highest BCUT2D eigenvalue weighted by atomic mass is 32.2. The number of hydrogen-bond donors (Lipinski definition) is 1. The molecule has 1 N–H and O–H groups in total. The van der Waals surface area contributed by atoms with Gasteiger partial charge in [0.15, 0.2) is 9.84 Å². The van der Waals surface area contributed by atoms with Crippen molar-refractivity contribution in [2.24, 2.45) is 0 Å². The minimum Gasteiger partial charge on any atom is -0.377 e. The van der Waals surface area contributed by atoms with Gasteiger partial charge in [-0.1, -0.05) is 0 Å². The van der Waals surface area contributed by atoms with Crippen molar-refractivity contribution in [2.45, 2.75) is 24.8 Å². The fraction of sp³-hybridized carbons (Fsp3) is 0.400. The zero-order valence-electron chi connectivity index (χ0n) is 9.80. The number of nitrogens with zero attached hydrogens (tertiary/aromatic N) is 1. The first-order chi connectivity index (χ1) is 7.71. The number of benzene rings is 1. The first-order valence-corrected chi connectivity index (χ1v) is 6.86. The quantitative estimate of drug-likeness (QED) is 0.657. The highest BCUT2D eigenvalue weighted by molar-refractivity contribution is 7.90. The van der Waals surface area contributed by atoms with E-state index in [1.807, 2.05) is 13.8 Å². The predicted octanol–water partition coefficient (Wildman–Crippen LogP) is 1.82. The summed E-state index contributed by atoms with van der Waals surface area (Å²) in [5.74, 6) is 0. The molecule has 0 saturated heterocycles. The maximum atomic E-state index is 11.3. The molecule has 0 saturated carbocycles. The second-order valence-corrected chi connectivity index (χ2v) is 6.02. The summed E-state index contributed by atoms with van der Waals surface area (Å²) in [5.41, 5.74) is 0.0824. The van der Waals surface area contributed by atoms with Crippen molar-refractivity contribution in [3.63, 3.8) is 0 Å². The summed E-state index contributed by atoms with van der Waals surface area (Å²) in [6.07, 6.45) is 1.02. The van der Waals surface area contributed by atoms with Crippen molar-refractivity contribution in [2.75, 3.05) is 11.6 Å². The summed E-state index contributed by atoms with van der Waals surface area (Å²) in [6, 6.07) is 3.86. The van der Waals surface area contributed by atoms with E-state index in [9.17, 15) is 18.5 Å². The minimum absolute atomic E-state index is 0.0257. The van der Waals surface area contributed by atoms with Crippen LogP contribution in [0.5, 0.6) is 0 Å². The molecule has 0 unspecified atom stereocenters. The van der Waals surface area contributed by atoms with Crippen LogP contribution in [0.4, 0.5) is 11.4 Å². The van der Waals surface area contributed by atoms with Crippen LogP contribution < -0.4 is 5.32 Å². The van der Waals surface area contributed by atoms with Crippen LogP contribution in [0.15, 0.2) is 23.1 Å². The Bertz CT molecular complexity index is 537. The largest absolute Gasteiger partial charge is 0.377 e. The van der Waals surface area contributed by atoms with Crippen LogP contribution in [-0.2, 0) is 9.84 Å². The standard InChI is InChI=1S/C10H14N2O4S/c1-7(2)11-9-5-4-8(17(3,15)16)6-10(9)12(13)14/h4-7,11H,1-3H3. The Balaban J connectivity index is 3.32. The Kier molecular flexibility index (Phi) is 3.72. The van der Waals surface area contributed by atoms with Gasteiger partial charge in [0.1, 0.15) is 5.69 Å². The molecule has 0 atom stereocenters. The molecule has 0 aromatic heterocycles. The summed E-state index contributed by atoms with van der Waals surface area (Å²) in [7, 11) is -3.44. The summed E-state index contributed by atoms with van der Waals surface area (Å²) in [5, 5.41) is 13.8. The van der Waals surface area contributed by atoms with Crippen molar-refractivity contribution in [3.05, 3.63) is 28.3 Å². The van der Waals surface area contributed by atoms with Gasteiger partial charge in [-0.15, -0.1) is 0 Å². The maximum absolute atomic E-state index is 11.3. The summed E-state index contributed by atoms with van der Waals surface area (Å²) in [6.45, 7) is 3.68. The Morgan fingerprint density at radius 3 is 2.35 bits per heavy atom. The molecule has 6 nitrogen and oxygen atoms in total. The number of sulfone groups is 1. The highest BCUT2D eigenvalue weighted by Gasteiger charge is 2.18. The van der Waals surface area contributed by atoms with Gasteiger partial charge in [-0.25, -0.2) is 8.42 Å². The Labute approximate surface area is 99.7 Å². The van der Waals surface area contributed by atoms with Crippen LogP contribution in [0.2, 0.25) is 0 Å². The van der Waals surface area contributed by atoms with Crippen LogP contribution in [-0.4, -0.2) is 25.6 Å². The van der Waals surface area contributed by atoms with Gasteiger partial charge in [-0.2, -0.15) is 0 Å². The molecular formula is C10H14N2O4S. The lowest BCUT2D eigenvalue weighted by molar-refractivity contribution is -0.384. The fourth-order valence-electron chi connectivity index (χ4n) is 1.33. The summed E-state index contributed by atoms with van der Waals surface area (Å²) >= 11 is 0. The molecule has 1 rings (SSSR count). The molecule has 7 heteroatoms. The van der Waals surface area contributed by atoms with Gasteiger partial charge in [0.25, 0.3) is 5.69 Å². The first kappa shape index (κ1) is 13.4. The molecule has 0 radical (unpaired) electrons. The van der Waals surface area contributed by atoms with Gasteiger partial charge in [0, 0.05) is 18.4 Å². The molecule has 0 fully saturated rings. The maximum Gasteiger partial charge on any atom is 0.293 e. The van der Waals surface area contributed by atoms with E-state index in [1.54, 1.807) is 0 Å². The molecule has 0 bridgehead atoms. The Morgan fingerprint density at radius 2 is 1.94 bits per heavy atom. The molecule has 0 heterocycles. The van der Waals surface area contributed by atoms with Gasteiger partial charge in [-0.05, 0) is 26.0 Å². The van der Waals surface area contributed by atoms with Crippen molar-refractivity contribution in [1.29, 1.82) is 0 Å². The summed E-state index contributed by atoms with van der Waals surface area (Å²) in [4.78, 5) is 10.2. The van der Waals surface area contributed by atoms with E-state index in [0.717, 1.165) is 12.3 Å². The average Bonchev–Trinajstić information content (AvgIpc) is 2.15. The molecule has 1 aromatic carbocycles. The van der Waals surface area contributed by atoms with Crippen LogP contribution in [0.3, 0.4) is 0 Å². The highest BCUT2D eigenvalue weighted by Crippen LogP contribution is 2.27. The second-order valence-electron chi connectivity index (χ2n) is 4.01. The van der Waals surface area contributed by atoms with Crippen molar-refractivity contribution in [3.8, 4) is 0 Å². The van der Waals surface area contributed by atoms with E-state index in [0.29, 0.717) is 5.69 Å². The number of rotatable bonds is 4. The lowest BCUT2D eigenvalue weighted by Gasteiger charge is -2.10. The van der Waals surface area contributed by atoms with Crippen LogP contribution in [0.1, 0.15) is 13.8 Å². The number of anilines is 1. The van der Waals surface area contributed by atoms with Crippen LogP contribution >= 0.6 is 0 Å². The lowest BCUT2D eigenvalue weighted by atomic mass is 10.2. The third-order valence-corrected chi connectivity index (χ3v) is 3.15. The molecule has 0 spiro atoms. The van der Waals surface area contributed by atoms with E-state index in [4.69, 9.17) is 0 Å². The van der Waals surface area contributed by atoms with Gasteiger partial charge < -0.3 is 5.32 Å². The molecule has 0 amide bonds. The Hall–Kier alpha value is -1.63. The van der Waals surface area contributed by atoms with E-state index in [1.165, 1.54) is 12.1 Å². The SMILES string of the molecule is CC(C)Nc1ccc(S(C)(=O)=O)cc1[N+](=O)[O-]. The Morgan fingerprint density at radius 1 is 1.35 bits per heavy atom. The van der Waals surface area contributed by atoms with E-state index in [-0.39, 0.29) is 16.6 Å². The van der Waals surface area contributed by atoms with E-state index in [2.05, 4.69) is 5.32 Å². The normalized spacial score (nSPS) is 11.5. The lowest BCUT2D eigenvalue weighted by Crippen LogP contribution is -2.11. The molecule has 17 heavy (non-hydrogen) atoms. The van der Waals surface area contributed by atoms with Gasteiger partial charge >= 0.3 is 0 Å². The third kappa shape index (κ3) is 3.42. The molecule has 1 aromatic rings. The van der Waals surface area contributed by atoms with E-state index >= 15 is 0 Å². The smallest absolute Gasteiger partial charge is 0.293 e. The van der Waals surface area contributed by atoms with E-state index < -0.39 is 14.8 Å². The van der Waals surface area contributed by atoms with Crippen LogP contribution in [0, 0.1) is 10.1 Å². The molecule has 0 aliphatic carbocycles. The molecule has 94 valence electrons. The van der Waals surface area contributed by atoms with Crippen molar-refractivity contribution >= 4 is 21.2 Å². The van der Waals surface area contributed by atoms with Gasteiger partial charge in [0.2, 0.25) is 0 Å². The second kappa shape index (κ2) is 4.70. The monoisotopic (exact) mass is 258 g/mol. The fourth-order valence-corrected chi connectivity index (χ4v) is 1.97. The third-order valence-electron chi connectivity index (χ3n) is 2.04. The zero-order chi connectivity index (χ0) is 13.2. The number of hydrogen-bond acceptors (Lipinski definition) is 5. The topological polar surface area (TPSA) is 89.3 Å². The van der Waals surface area contributed by atoms with Crippen LogP contribution in [0.25, 0.3) is 0 Å². The van der Waals surface area contributed by atoms with Gasteiger partial charge in [0.05, 0.1) is 9.82 Å². The summed E-state index contributed by atoms with van der Waals surface area (Å²) < 4.78 is 22.6. The minimum atomic E-state index is -3.44. The predicted molar refractivity (Wildman–Crippen MR) is 65.0 cm³/mol. The number of nitrogens with one attached hydrogen (secondary N) is 1. The van der Waals surface area contributed by atoms with Crippen molar-refractivity contribution < 1.29 is 13.3 Å². The molecule has 0 aliphatic rings. The molecule has 0 aliphatic heterocycles. The molecular weight excluding hydrogens is 244 g/mol. The first-order valence-electron chi connectivity index (χ1n) is 4.97.